The molecule has 0 saturated heterocycles. The van der Waals surface area contributed by atoms with E-state index in [1.54, 1.807) is 11.1 Å². The van der Waals surface area contributed by atoms with E-state index in [4.69, 9.17) is 0 Å². The van der Waals surface area contributed by atoms with Crippen molar-refractivity contribution in [1.29, 1.82) is 0 Å². The summed E-state index contributed by atoms with van der Waals surface area (Å²) in [6.07, 6.45) is 0. The van der Waals surface area contributed by atoms with Gasteiger partial charge in [-0.05, 0) is 0 Å². The van der Waals surface area contributed by atoms with E-state index in [1.807, 2.05) is 7.97 Å². The molecule has 0 fully saturated rings. The van der Waals surface area contributed by atoms with Gasteiger partial charge in [-0.15, -0.1) is 0 Å². The zero-order valence-electron chi connectivity index (χ0n) is 12.4. The van der Waals surface area contributed by atoms with Crippen molar-refractivity contribution in [3.05, 3.63) is 19.1 Å². The van der Waals surface area contributed by atoms with E-state index in [2.05, 4.69) is 58.8 Å². The number of rotatable bonds is 2. The molecule has 0 aliphatic carbocycles. The van der Waals surface area contributed by atoms with Crippen molar-refractivity contribution >= 4 is 30.8 Å². The van der Waals surface area contributed by atoms with E-state index in [0.29, 0.717) is 0 Å². The summed E-state index contributed by atoms with van der Waals surface area (Å²) in [7, 11) is -2.18. The Hall–Kier alpha value is 0.472. The molecule has 1 rings (SSSR count). The predicted molar refractivity (Wildman–Crippen MR) is 83.7 cm³/mol. The monoisotopic (exact) mass is 314 g/mol. The van der Waals surface area contributed by atoms with Crippen molar-refractivity contribution < 1.29 is 0 Å². The normalized spacial score (nSPS) is 20.1. The second kappa shape index (κ2) is 4.29. The second-order valence-electron chi connectivity index (χ2n) is 7.01. The Labute approximate surface area is 108 Å². The van der Waals surface area contributed by atoms with Crippen molar-refractivity contribution in [1.82, 2.24) is 0 Å². The van der Waals surface area contributed by atoms with Gasteiger partial charge in [0.25, 0.3) is 0 Å². The molecule has 0 radical (unpaired) electrons. The van der Waals surface area contributed by atoms with Crippen LogP contribution in [0, 0.1) is 0 Å². The van der Waals surface area contributed by atoms with Gasteiger partial charge in [-0.2, -0.15) is 0 Å². The molecule has 0 bridgehead atoms. The molecule has 0 nitrogen and oxygen atoms in total. The van der Waals surface area contributed by atoms with Crippen LogP contribution in [-0.4, -0.2) is 30.8 Å². The van der Waals surface area contributed by atoms with Gasteiger partial charge < -0.3 is 0 Å². The van der Waals surface area contributed by atoms with Gasteiger partial charge in [0.05, 0.1) is 0 Å². The first-order valence-electron chi connectivity index (χ1n) is 6.14. The fourth-order valence-corrected chi connectivity index (χ4v) is 25.4. The maximum atomic E-state index is 2.59. The van der Waals surface area contributed by atoms with Gasteiger partial charge in [-0.25, -0.2) is 0 Å². The molecule has 0 unspecified atom stereocenters. The van der Waals surface area contributed by atoms with Crippen LogP contribution in [0.25, 0.3) is 0 Å². The first kappa shape index (κ1) is 14.5. The minimum atomic E-state index is -1.09. The summed E-state index contributed by atoms with van der Waals surface area (Å²) >= 11 is -0.837. The van der Waals surface area contributed by atoms with Crippen LogP contribution in [0.1, 0.15) is 13.8 Å². The third kappa shape index (κ3) is 2.49. The van der Waals surface area contributed by atoms with Gasteiger partial charge in [0.15, 0.2) is 0 Å². The Morgan fingerprint density at radius 1 is 0.688 bits per heavy atom. The molecule has 0 atom stereocenters. The number of hydrogen-bond acceptors (Lipinski definition) is 0. The molecule has 1 heterocycles. The quantitative estimate of drug-likeness (QED) is 0.654. The molecule has 1 aliphatic heterocycles. The fraction of sp³-hybridized carbons (Fsp3) is 0.692. The molecule has 1 aliphatic rings. The average molecular weight is 314 g/mol. The number of hydrogen-bond donors (Lipinski definition) is 0. The summed E-state index contributed by atoms with van der Waals surface area (Å²) in [4.78, 5) is 0. The van der Waals surface area contributed by atoms with Gasteiger partial charge in [0.2, 0.25) is 0 Å². The molecule has 3 heteroatoms. The van der Waals surface area contributed by atoms with Gasteiger partial charge in [0.1, 0.15) is 0 Å². The fourth-order valence-electron chi connectivity index (χ4n) is 3.10. The molecule has 0 aromatic heterocycles. The van der Waals surface area contributed by atoms with Crippen LogP contribution in [0.4, 0.5) is 0 Å². The van der Waals surface area contributed by atoms with Crippen LogP contribution in [0.2, 0.25) is 45.0 Å². The molecule has 0 N–H and O–H groups in total. The van der Waals surface area contributed by atoms with Crippen LogP contribution < -0.4 is 0 Å². The third-order valence-electron chi connectivity index (χ3n) is 3.36. The Kier molecular flexibility index (Phi) is 3.90. The summed E-state index contributed by atoms with van der Waals surface area (Å²) in [5, 5.41) is 0. The summed E-state index contributed by atoms with van der Waals surface area (Å²) in [6, 6.07) is 0. The van der Waals surface area contributed by atoms with Crippen molar-refractivity contribution in [2.75, 3.05) is 0 Å². The van der Waals surface area contributed by atoms with Gasteiger partial charge >= 0.3 is 109 Å². The van der Waals surface area contributed by atoms with Gasteiger partial charge in [0, 0.05) is 0 Å². The zero-order chi connectivity index (χ0) is 12.9. The Morgan fingerprint density at radius 2 is 0.938 bits per heavy atom. The zero-order valence-corrected chi connectivity index (χ0v) is 16.3. The number of allylic oxidation sites excluding steroid dienone is 2. The van der Waals surface area contributed by atoms with Crippen LogP contribution in [0.15, 0.2) is 19.1 Å². The second-order valence-corrected chi connectivity index (χ2v) is 23.1. The topological polar surface area (TPSA) is 0 Å². The molecular formula is C13H27AsSi2. The average Bonchev–Trinajstić information content (AvgIpc) is 2.19. The standard InChI is InChI=1S/C13H27AsSi2/c1-10-11(2)13(16(7,8)9)14(3)12(10)15(4,5)6/h1-9H3. The van der Waals surface area contributed by atoms with E-state index in [-0.39, 0.29) is 0 Å². The molecule has 0 aromatic rings. The van der Waals surface area contributed by atoms with Crippen molar-refractivity contribution in [2.45, 2.75) is 58.8 Å². The van der Waals surface area contributed by atoms with E-state index < -0.39 is 30.8 Å². The van der Waals surface area contributed by atoms with Crippen LogP contribution in [0.3, 0.4) is 0 Å². The van der Waals surface area contributed by atoms with E-state index in [1.165, 1.54) is 0 Å². The summed E-state index contributed by atoms with van der Waals surface area (Å²) < 4.78 is 3.91. The summed E-state index contributed by atoms with van der Waals surface area (Å²) in [5.41, 5.74) is 5.98. The maximum absolute atomic E-state index is 2.59. The van der Waals surface area contributed by atoms with E-state index in [9.17, 15) is 0 Å². The summed E-state index contributed by atoms with van der Waals surface area (Å²) in [5.74, 6) is 0. The van der Waals surface area contributed by atoms with Crippen LogP contribution in [0.5, 0.6) is 0 Å². The van der Waals surface area contributed by atoms with Crippen LogP contribution >= 0.6 is 0 Å². The van der Waals surface area contributed by atoms with E-state index in [0.717, 1.165) is 0 Å². The molecule has 0 spiro atoms. The first-order chi connectivity index (χ1) is 6.98. The Bertz CT molecular complexity index is 328. The molecular weight excluding hydrogens is 287 g/mol. The molecule has 0 aromatic carbocycles. The van der Waals surface area contributed by atoms with Crippen molar-refractivity contribution in [3.8, 4) is 0 Å². The Balaban J connectivity index is 3.29. The molecule has 0 amide bonds. The first-order valence-corrected chi connectivity index (χ1v) is 16.9. The summed E-state index contributed by atoms with van der Waals surface area (Å²) in [6.45, 7) is 19.9. The van der Waals surface area contributed by atoms with Crippen LogP contribution in [-0.2, 0) is 0 Å². The van der Waals surface area contributed by atoms with E-state index >= 15 is 0 Å². The molecule has 16 heavy (non-hydrogen) atoms. The predicted octanol–water partition coefficient (Wildman–Crippen LogP) is 4.59. The minimum absolute atomic E-state index is 0.837. The molecule has 0 saturated carbocycles. The Morgan fingerprint density at radius 3 is 1.06 bits per heavy atom. The van der Waals surface area contributed by atoms with Gasteiger partial charge in [-0.1, -0.05) is 0 Å². The van der Waals surface area contributed by atoms with Crippen molar-refractivity contribution in [2.24, 2.45) is 0 Å². The molecule has 92 valence electrons. The SMILES string of the molecule is CC1=C([Si](C)(C)C)[As](C)C([Si](C)(C)C)=C1C. The third-order valence-corrected chi connectivity index (χ3v) is 23.1. The van der Waals surface area contributed by atoms with Crippen molar-refractivity contribution in [3.63, 3.8) is 0 Å². The van der Waals surface area contributed by atoms with Gasteiger partial charge in [-0.3, -0.25) is 0 Å².